The van der Waals surface area contributed by atoms with Crippen molar-refractivity contribution in [3.8, 4) is 23.0 Å². The van der Waals surface area contributed by atoms with Gasteiger partial charge in [0.05, 0.1) is 49.0 Å². The number of aliphatic hydroxyl groups excluding tert-OH is 2. The number of nitrogens with zero attached hydrogens (tertiary/aromatic N) is 3. The molecule has 0 radical (unpaired) electrons. The van der Waals surface area contributed by atoms with Gasteiger partial charge >= 0.3 is 6.09 Å². The molecule has 81 heavy (non-hydrogen) atoms. The van der Waals surface area contributed by atoms with Crippen molar-refractivity contribution in [2.75, 3.05) is 33.5 Å². The summed E-state index contributed by atoms with van der Waals surface area (Å²) in [4.78, 5) is 46.9. The number of nitro benzene ring substituents is 1. The lowest BCUT2D eigenvalue weighted by molar-refractivity contribution is -0.384. The predicted octanol–water partition coefficient (Wildman–Crippen LogP) is 14.8. The van der Waals surface area contributed by atoms with Crippen molar-refractivity contribution in [1.29, 1.82) is 0 Å². The molecule has 0 aromatic heterocycles. The molecule has 0 spiro atoms. The van der Waals surface area contributed by atoms with E-state index in [0.29, 0.717) is 65.5 Å². The topological polar surface area (TPSA) is 189 Å². The highest BCUT2D eigenvalue weighted by molar-refractivity contribution is 6.03. The van der Waals surface area contributed by atoms with Gasteiger partial charge in [-0.05, 0) is 120 Å². The minimum Gasteiger partial charge on any atom is -0.496 e. The van der Waals surface area contributed by atoms with E-state index in [1.54, 1.807) is 41.3 Å². The van der Waals surface area contributed by atoms with Crippen LogP contribution in [-0.2, 0) is 27.5 Å². The quantitative estimate of drug-likeness (QED) is 0.0133. The van der Waals surface area contributed by atoms with E-state index >= 15 is 4.79 Å². The van der Waals surface area contributed by atoms with Gasteiger partial charge in [-0.1, -0.05) is 137 Å². The maximum atomic E-state index is 15.5. The Bertz CT molecular complexity index is 2940. The maximum absolute atomic E-state index is 15.5. The van der Waals surface area contributed by atoms with Gasteiger partial charge in [0.25, 0.3) is 5.69 Å². The zero-order chi connectivity index (χ0) is 57.0. The molecule has 1 aliphatic heterocycles. The Morgan fingerprint density at radius 2 is 1.56 bits per heavy atom. The van der Waals surface area contributed by atoms with Crippen molar-refractivity contribution in [1.82, 2.24) is 4.90 Å². The average Bonchev–Trinajstić information content (AvgIpc) is 1.58. The van der Waals surface area contributed by atoms with Crippen LogP contribution < -0.4 is 14.2 Å². The molecule has 8 rings (SSSR count). The van der Waals surface area contributed by atoms with Gasteiger partial charge in [-0.3, -0.25) is 19.8 Å². The third-order valence-corrected chi connectivity index (χ3v) is 16.3. The molecule has 15 nitrogen and oxygen atoms in total. The monoisotopic (exact) mass is 1110 g/mol. The molecule has 2 aliphatic carbocycles. The highest BCUT2D eigenvalue weighted by atomic mass is 16.7. The lowest BCUT2D eigenvalue weighted by atomic mass is 9.55. The number of carbonyl (C=O) groups is 2. The number of aldehydes is 1. The summed E-state index contributed by atoms with van der Waals surface area (Å²) in [5, 5.41) is 38.9. The molecule has 0 saturated heterocycles. The van der Waals surface area contributed by atoms with Gasteiger partial charge in [0.2, 0.25) is 5.79 Å². The summed E-state index contributed by atoms with van der Waals surface area (Å²) in [6.45, 7) is 6.85. The fourth-order valence-corrected chi connectivity index (χ4v) is 12.4. The van der Waals surface area contributed by atoms with Gasteiger partial charge in [-0.15, -0.1) is 6.58 Å². The molecular formula is C66H81N3O12. The Labute approximate surface area is 477 Å². The molecule has 1 saturated carbocycles. The summed E-state index contributed by atoms with van der Waals surface area (Å²) < 4.78 is 33.3. The van der Waals surface area contributed by atoms with Crippen LogP contribution in [0.15, 0.2) is 133 Å². The number of hydrogen-bond donors (Lipinski definition) is 2. The molecular weight excluding hydrogens is 1030 g/mol. The normalized spacial score (nSPS) is 20.3. The van der Waals surface area contributed by atoms with Gasteiger partial charge in [0.1, 0.15) is 35.6 Å². The zero-order valence-corrected chi connectivity index (χ0v) is 47.2. The van der Waals surface area contributed by atoms with Crippen LogP contribution >= 0.6 is 0 Å². The maximum Gasteiger partial charge on any atom is 0.410 e. The molecule has 5 aromatic rings. The number of fused-ring (bicyclic) bond motifs is 3. The van der Waals surface area contributed by atoms with Gasteiger partial charge in [0, 0.05) is 43.2 Å². The Morgan fingerprint density at radius 1 is 0.852 bits per heavy atom. The lowest BCUT2D eigenvalue weighted by Gasteiger charge is -2.60. The Kier molecular flexibility index (Phi) is 22.3. The van der Waals surface area contributed by atoms with E-state index in [1.165, 1.54) is 57.8 Å². The Hall–Kier alpha value is -7.07. The van der Waals surface area contributed by atoms with Crippen LogP contribution in [0.3, 0.4) is 0 Å². The van der Waals surface area contributed by atoms with Crippen molar-refractivity contribution in [3.05, 3.63) is 160 Å². The number of aliphatic hydroxyl groups is 2. The van der Waals surface area contributed by atoms with Crippen LogP contribution in [-0.4, -0.2) is 83.5 Å². The highest BCUT2D eigenvalue weighted by Gasteiger charge is 2.66. The van der Waals surface area contributed by atoms with Crippen LogP contribution in [0.2, 0.25) is 0 Å². The van der Waals surface area contributed by atoms with Crippen LogP contribution in [0.1, 0.15) is 149 Å². The summed E-state index contributed by atoms with van der Waals surface area (Å²) in [5.74, 6) is -0.821. The largest absolute Gasteiger partial charge is 0.496 e. The lowest BCUT2D eigenvalue weighted by Crippen LogP contribution is -2.70. The van der Waals surface area contributed by atoms with E-state index in [9.17, 15) is 25.1 Å². The Balaban J connectivity index is 1.27. The smallest absolute Gasteiger partial charge is 0.410 e. The SMILES string of the molecule is C=CCO[C@@]12Oc3ccc(Oc4ccc(OC)c(C=O)c4)cc3[C@H]3[C@H](CCCCO)[C@@H](CCCCO)C=C(C(=NOCc4ccc([N+](=O)[O-])cc4)C[C@@H]1N(Cc1cccc4ccccc14)C(=O)OCCCCCCCCCCCC)[C@H]32. The van der Waals surface area contributed by atoms with Gasteiger partial charge in [-0.25, -0.2) is 4.79 Å². The second-order valence-electron chi connectivity index (χ2n) is 21.7. The number of rotatable bonds is 33. The van der Waals surface area contributed by atoms with E-state index in [1.807, 2.05) is 42.5 Å². The predicted molar refractivity (Wildman–Crippen MR) is 314 cm³/mol. The standard InChI is InChI=1S/C66H81N3O12/c1-4-6-7-8-9-10-11-12-13-20-39-77-65(73)68(44-50-25-21-24-48-22-14-15-26-55(48)50)62-43-59(67-79-46-47-28-30-52(31-29-47)69(74)75)57-41-49(23-16-18-36-70)56(27-17-19-37-71)63-58-42-54(80-53-32-34-60(76-3)51(40-53)45-72)33-35-61(58)81-66(62,64(57)63)78-38-5-2/h5,14-15,21-22,24-26,28-35,40-42,45,49,56,62-64,70-71H,2,4,6-13,16-20,23,27,36-39,43-44,46H2,1,3H3/t49-,56+,62-,63+,64+,66+/m0/s1. The number of benzene rings is 5. The third kappa shape index (κ3) is 14.9. The second kappa shape index (κ2) is 30.1. The molecule has 1 fully saturated rings. The number of methoxy groups -OCH3 is 1. The second-order valence-corrected chi connectivity index (χ2v) is 21.7. The fraction of sp³-hybridized carbons (Fsp3) is 0.470. The van der Waals surface area contributed by atoms with E-state index in [-0.39, 0.29) is 69.4 Å². The van der Waals surface area contributed by atoms with Crippen molar-refractivity contribution >= 4 is 34.6 Å². The summed E-state index contributed by atoms with van der Waals surface area (Å²) in [6, 6.07) is 30.3. The van der Waals surface area contributed by atoms with E-state index in [4.69, 9.17) is 33.7 Å². The van der Waals surface area contributed by atoms with Crippen LogP contribution in [0.4, 0.5) is 10.5 Å². The molecule has 1 heterocycles. The molecule has 6 atom stereocenters. The first-order valence-corrected chi connectivity index (χ1v) is 29.3. The number of allylic oxidation sites excluding steroid dienone is 1. The molecule has 3 aliphatic rings. The number of non-ortho nitro benzene ring substituents is 1. The number of ether oxygens (including phenoxy) is 5. The molecule has 2 N–H and O–H groups in total. The molecule has 1 amide bonds. The number of oxime groups is 1. The highest BCUT2D eigenvalue weighted by Crippen LogP contribution is 2.62. The fourth-order valence-electron chi connectivity index (χ4n) is 12.4. The first-order valence-electron chi connectivity index (χ1n) is 29.3. The van der Waals surface area contributed by atoms with Crippen molar-refractivity contribution in [2.24, 2.45) is 22.9 Å². The van der Waals surface area contributed by atoms with Gasteiger partial charge in [0.15, 0.2) is 6.29 Å². The van der Waals surface area contributed by atoms with Crippen LogP contribution in [0.25, 0.3) is 10.8 Å². The molecule has 0 bridgehead atoms. The van der Waals surface area contributed by atoms with Crippen molar-refractivity contribution in [2.45, 2.75) is 147 Å². The summed E-state index contributed by atoms with van der Waals surface area (Å²) in [7, 11) is 1.51. The van der Waals surface area contributed by atoms with Crippen LogP contribution in [0.5, 0.6) is 23.0 Å². The third-order valence-electron chi connectivity index (χ3n) is 16.3. The number of nitro groups is 1. The van der Waals surface area contributed by atoms with E-state index in [0.717, 1.165) is 72.3 Å². The molecule has 0 unspecified atom stereocenters. The first-order chi connectivity index (χ1) is 39.7. The average molecular weight is 1110 g/mol. The summed E-state index contributed by atoms with van der Waals surface area (Å²) >= 11 is 0. The van der Waals surface area contributed by atoms with Crippen LogP contribution in [0, 0.1) is 27.9 Å². The first kappa shape index (κ1) is 60.0. The van der Waals surface area contributed by atoms with E-state index in [2.05, 4.69) is 37.8 Å². The zero-order valence-electron chi connectivity index (χ0n) is 47.2. The molecule has 5 aromatic carbocycles. The molecule has 432 valence electrons. The van der Waals surface area contributed by atoms with Crippen molar-refractivity contribution in [3.63, 3.8) is 0 Å². The van der Waals surface area contributed by atoms with E-state index < -0.39 is 28.8 Å². The number of unbranched alkanes of at least 4 members (excludes halogenated alkanes) is 11. The minimum atomic E-state index is -1.58. The Morgan fingerprint density at radius 3 is 2.27 bits per heavy atom. The molecule has 15 heteroatoms. The van der Waals surface area contributed by atoms with Crippen molar-refractivity contribution < 1.29 is 53.2 Å². The summed E-state index contributed by atoms with van der Waals surface area (Å²) in [6.07, 6.45) is 19.8. The van der Waals surface area contributed by atoms with Gasteiger partial charge in [-0.2, -0.15) is 0 Å². The number of hydrogen-bond acceptors (Lipinski definition) is 13. The van der Waals surface area contributed by atoms with Gasteiger partial charge < -0.3 is 38.7 Å². The minimum absolute atomic E-state index is 0.00713. The summed E-state index contributed by atoms with van der Waals surface area (Å²) in [5.41, 5.74) is 4.14. The number of amides is 1. The number of carbonyl (C=O) groups excluding carboxylic acids is 2.